The van der Waals surface area contributed by atoms with Crippen LogP contribution in [-0.4, -0.2) is 68.3 Å². The number of hydrogen-bond donors (Lipinski definition) is 4. The van der Waals surface area contributed by atoms with E-state index in [2.05, 4.69) is 0 Å². The minimum absolute atomic E-state index is 0.117. The Hall–Kier alpha value is -4.32. The molecule has 3 aromatic carbocycles. The first kappa shape index (κ1) is 37.9. The van der Waals surface area contributed by atoms with Gasteiger partial charge in [-0.1, -0.05) is 58.1 Å². The Morgan fingerprint density at radius 1 is 0.784 bits per heavy atom. The molecule has 0 spiro atoms. The van der Waals surface area contributed by atoms with Gasteiger partial charge in [-0.2, -0.15) is 25.3 Å². The number of carboxylic acids is 1. The number of carboxylic acid groups (broad SMARTS) is 1. The van der Waals surface area contributed by atoms with Crippen molar-refractivity contribution in [1.29, 1.82) is 0 Å². The zero-order chi connectivity index (χ0) is 37.7. The quantitative estimate of drug-likeness (QED) is 0.136. The van der Waals surface area contributed by atoms with E-state index >= 15 is 0 Å². The van der Waals surface area contributed by atoms with Gasteiger partial charge in [0.05, 0.1) is 32.8 Å². The van der Waals surface area contributed by atoms with Crippen LogP contribution in [0.25, 0.3) is 0 Å². The summed E-state index contributed by atoms with van der Waals surface area (Å²) in [6.45, 7) is 7.87. The lowest BCUT2D eigenvalue weighted by molar-refractivity contribution is 0.0696. The van der Waals surface area contributed by atoms with Crippen molar-refractivity contribution >= 4 is 53.4 Å². The summed E-state index contributed by atoms with van der Waals surface area (Å²) >= 11 is 0. The molecule has 0 saturated heterocycles. The number of fused-ring (bicyclic) bond motifs is 2. The van der Waals surface area contributed by atoms with Gasteiger partial charge >= 0.3 is 5.97 Å². The van der Waals surface area contributed by atoms with Crippen LogP contribution in [0, 0.1) is 0 Å². The average Bonchev–Trinajstić information content (AvgIpc) is 3.37. The number of hydrogen-bond acceptors (Lipinski definition) is 9. The van der Waals surface area contributed by atoms with Gasteiger partial charge in [0, 0.05) is 34.4 Å². The molecule has 2 aliphatic rings. The fraction of sp³-hybridized carbons (Fsp3) is 0.286. The molecule has 51 heavy (non-hydrogen) atoms. The second kappa shape index (κ2) is 13.3. The molecule has 5 rings (SSSR count). The van der Waals surface area contributed by atoms with Crippen molar-refractivity contribution in [3.05, 3.63) is 113 Å². The fourth-order valence-corrected chi connectivity index (χ4v) is 8.32. The molecule has 3 aromatic rings. The minimum atomic E-state index is -4.55. The maximum Gasteiger partial charge on any atom is 0.335 e. The average molecular weight is 759 g/mol. The molecule has 13 nitrogen and oxygen atoms in total. The van der Waals surface area contributed by atoms with E-state index in [1.54, 1.807) is 47.4 Å². The number of nitrogens with zero attached hydrogens (tertiary/aromatic N) is 2. The van der Waals surface area contributed by atoms with Crippen LogP contribution in [0.15, 0.2) is 107 Å². The monoisotopic (exact) mass is 758 g/mol. The molecule has 0 radical (unpaired) electrons. The number of rotatable bonds is 11. The van der Waals surface area contributed by atoms with E-state index in [1.165, 1.54) is 42.5 Å². The van der Waals surface area contributed by atoms with Crippen LogP contribution in [0.4, 0.5) is 17.1 Å². The van der Waals surface area contributed by atoms with Crippen molar-refractivity contribution in [2.24, 2.45) is 0 Å². The standard InChI is InChI=1S/C35H38N2O11S3/c1-34(2)27-20-23(33(38)39)14-16-29(27)36(18-9-19-49(40,41)42)31(34)12-6-5-7-13-32-35(3,4)28-22-26(51(46,47)48)15-17-30(28)37(32)24-10-8-11-25(21-24)50(43,44)45/h5-8,10-17,20-22,31H,9,18-19H2,1-4H3,(H,38,39)(H,40,41,42)(H,43,44,45)(H,46,47,48)/b7-5+,12-6+,32-13+. The molecule has 1 atom stereocenters. The Kier molecular flexibility index (Phi) is 9.92. The molecule has 2 heterocycles. The maximum atomic E-state index is 12.0. The lowest BCUT2D eigenvalue weighted by Gasteiger charge is -2.32. The summed E-state index contributed by atoms with van der Waals surface area (Å²) in [5.41, 5.74) is 2.23. The third-order valence-corrected chi connectivity index (χ3v) is 11.8. The number of carbonyl (C=O) groups is 1. The first-order chi connectivity index (χ1) is 23.5. The van der Waals surface area contributed by atoms with Crippen LogP contribution < -0.4 is 9.80 Å². The van der Waals surface area contributed by atoms with Crippen LogP contribution in [0.2, 0.25) is 0 Å². The predicted octanol–water partition coefficient (Wildman–Crippen LogP) is 5.75. The predicted molar refractivity (Wildman–Crippen MR) is 193 cm³/mol. The van der Waals surface area contributed by atoms with Gasteiger partial charge in [0.25, 0.3) is 30.4 Å². The van der Waals surface area contributed by atoms with Crippen molar-refractivity contribution in [2.75, 3.05) is 22.1 Å². The largest absolute Gasteiger partial charge is 0.478 e. The molecule has 0 saturated carbocycles. The molecule has 0 amide bonds. The zero-order valence-corrected chi connectivity index (χ0v) is 30.6. The summed E-state index contributed by atoms with van der Waals surface area (Å²) < 4.78 is 99.7. The van der Waals surface area contributed by atoms with Gasteiger partial charge in [-0.05, 0) is 78.2 Å². The summed E-state index contributed by atoms with van der Waals surface area (Å²) in [5, 5.41) is 9.61. The lowest BCUT2D eigenvalue weighted by atomic mass is 9.80. The first-order valence-electron chi connectivity index (χ1n) is 15.7. The van der Waals surface area contributed by atoms with Gasteiger partial charge in [-0.25, -0.2) is 4.79 Å². The molecular weight excluding hydrogens is 721 g/mol. The summed E-state index contributed by atoms with van der Waals surface area (Å²) in [6, 6.07) is 14.2. The van der Waals surface area contributed by atoms with Gasteiger partial charge in [0.2, 0.25) is 0 Å². The van der Waals surface area contributed by atoms with Gasteiger partial charge in [-0.3, -0.25) is 13.7 Å². The second-order valence-corrected chi connectivity index (χ2v) is 17.9. The van der Waals surface area contributed by atoms with Gasteiger partial charge in [0.15, 0.2) is 0 Å². The molecule has 4 N–H and O–H groups in total. The highest BCUT2D eigenvalue weighted by Crippen LogP contribution is 2.52. The smallest absolute Gasteiger partial charge is 0.335 e. The van der Waals surface area contributed by atoms with E-state index in [0.717, 1.165) is 11.3 Å². The van der Waals surface area contributed by atoms with Crippen LogP contribution in [0.5, 0.6) is 0 Å². The van der Waals surface area contributed by atoms with Crippen molar-refractivity contribution in [3.8, 4) is 0 Å². The van der Waals surface area contributed by atoms with Gasteiger partial charge in [0.1, 0.15) is 0 Å². The molecule has 2 aliphatic heterocycles. The van der Waals surface area contributed by atoms with Crippen LogP contribution in [0.3, 0.4) is 0 Å². The zero-order valence-electron chi connectivity index (χ0n) is 28.1. The van der Waals surface area contributed by atoms with Crippen LogP contribution in [0.1, 0.15) is 55.6 Å². The molecule has 272 valence electrons. The van der Waals surface area contributed by atoms with E-state index in [0.29, 0.717) is 22.6 Å². The lowest BCUT2D eigenvalue weighted by Crippen LogP contribution is -2.40. The summed E-state index contributed by atoms with van der Waals surface area (Å²) in [4.78, 5) is 14.8. The highest BCUT2D eigenvalue weighted by atomic mass is 32.2. The second-order valence-electron chi connectivity index (χ2n) is 13.4. The van der Waals surface area contributed by atoms with E-state index in [9.17, 15) is 48.8 Å². The minimum Gasteiger partial charge on any atom is -0.478 e. The Balaban J connectivity index is 1.53. The summed E-state index contributed by atoms with van der Waals surface area (Å²) in [6.07, 6.45) is 9.09. The summed E-state index contributed by atoms with van der Waals surface area (Å²) in [5.74, 6) is -1.52. The first-order valence-corrected chi connectivity index (χ1v) is 20.2. The van der Waals surface area contributed by atoms with E-state index < -0.39 is 52.9 Å². The van der Waals surface area contributed by atoms with Crippen molar-refractivity contribution in [1.82, 2.24) is 0 Å². The molecule has 0 bridgehead atoms. The Morgan fingerprint density at radius 2 is 1.43 bits per heavy atom. The maximum absolute atomic E-state index is 12.0. The third kappa shape index (κ3) is 7.66. The Labute approximate surface area is 297 Å². The highest BCUT2D eigenvalue weighted by molar-refractivity contribution is 7.86. The normalized spacial score (nSPS) is 19.3. The van der Waals surface area contributed by atoms with Crippen molar-refractivity contribution < 1.29 is 48.8 Å². The SMILES string of the molecule is CC1(C)\C(=C/C=C/C=C/C2N(CCCS(=O)(=O)O)c3ccc(C(=O)O)cc3C2(C)C)N(c2cccc(S(=O)(=O)O)c2)c2ccc(S(=O)(=O)O)cc21. The fourth-order valence-electron chi connectivity index (χ4n) is 6.80. The van der Waals surface area contributed by atoms with Crippen molar-refractivity contribution in [2.45, 2.75) is 60.8 Å². The molecule has 1 unspecified atom stereocenters. The molecular formula is C35H38N2O11S3. The molecule has 0 fully saturated rings. The number of benzene rings is 3. The topological polar surface area (TPSA) is 207 Å². The number of aromatic carboxylic acids is 1. The summed E-state index contributed by atoms with van der Waals surface area (Å²) in [7, 11) is -13.3. The number of allylic oxidation sites excluding steroid dienone is 5. The van der Waals surface area contributed by atoms with Gasteiger partial charge < -0.3 is 14.9 Å². The third-order valence-electron chi connectivity index (χ3n) is 9.33. The van der Waals surface area contributed by atoms with Crippen LogP contribution in [-0.2, 0) is 41.2 Å². The molecule has 0 aliphatic carbocycles. The van der Waals surface area contributed by atoms with Crippen molar-refractivity contribution in [3.63, 3.8) is 0 Å². The van der Waals surface area contributed by atoms with E-state index in [-0.39, 0.29) is 34.4 Å². The molecule has 16 heteroatoms. The number of anilines is 3. The Morgan fingerprint density at radius 3 is 2.06 bits per heavy atom. The Bertz CT molecular complexity index is 2330. The van der Waals surface area contributed by atoms with Gasteiger partial charge in [-0.15, -0.1) is 0 Å². The highest BCUT2D eigenvalue weighted by Gasteiger charge is 2.44. The van der Waals surface area contributed by atoms with E-state index in [4.69, 9.17) is 0 Å². The molecule has 0 aromatic heterocycles. The van der Waals surface area contributed by atoms with E-state index in [1.807, 2.05) is 38.7 Å². The van der Waals surface area contributed by atoms with Crippen LogP contribution >= 0.6 is 0 Å².